The maximum absolute atomic E-state index is 11.0. The minimum absolute atomic E-state index is 0.319. The summed E-state index contributed by atoms with van der Waals surface area (Å²) >= 11 is 0. The van der Waals surface area contributed by atoms with Crippen LogP contribution >= 0.6 is 0 Å². The van der Waals surface area contributed by atoms with Crippen molar-refractivity contribution in [1.82, 2.24) is 9.78 Å². The van der Waals surface area contributed by atoms with Gasteiger partial charge in [0.2, 0.25) is 0 Å². The zero-order valence-corrected chi connectivity index (χ0v) is 8.57. The number of rotatable bonds is 2. The van der Waals surface area contributed by atoms with Crippen LogP contribution in [0.25, 0.3) is 0 Å². The smallest absolute Gasteiger partial charge is 0.341 e. The first-order valence-corrected chi connectivity index (χ1v) is 4.39. The van der Waals surface area contributed by atoms with E-state index in [9.17, 15) is 4.79 Å². The monoisotopic (exact) mass is 184 g/mol. The lowest BCUT2D eigenvalue weighted by atomic mass is 10.4. The molecule has 0 saturated carbocycles. The van der Waals surface area contributed by atoms with Crippen molar-refractivity contribution in [3.8, 4) is 0 Å². The Morgan fingerprint density at radius 2 is 2.23 bits per heavy atom. The van der Waals surface area contributed by atoms with Crippen molar-refractivity contribution in [1.29, 1.82) is 0 Å². The number of aromatic nitrogens is 2. The van der Waals surface area contributed by atoms with Crippen LogP contribution in [-0.2, 0) is 11.8 Å². The number of hydrogen-bond acceptors (Lipinski definition) is 3. The van der Waals surface area contributed by atoms with E-state index in [0.717, 1.165) is 0 Å². The topological polar surface area (TPSA) is 44.1 Å². The van der Waals surface area contributed by atoms with Gasteiger partial charge in [0, 0.05) is 13.2 Å². The van der Waals surface area contributed by atoms with Gasteiger partial charge in [0.05, 0.1) is 18.4 Å². The fraction of sp³-hybridized carbons (Fsp3) is 0.556. The lowest BCUT2D eigenvalue weighted by Crippen LogP contribution is -2.02. The van der Waals surface area contributed by atoms with E-state index in [4.69, 9.17) is 4.74 Å². The SMILES string of the molecule is CC.CCOC(=O)c1cnn(C)c1. The summed E-state index contributed by atoms with van der Waals surface area (Å²) in [5.41, 5.74) is 0.495. The van der Waals surface area contributed by atoms with E-state index in [0.29, 0.717) is 12.2 Å². The summed E-state index contributed by atoms with van der Waals surface area (Å²) in [4.78, 5) is 11.0. The van der Waals surface area contributed by atoms with Gasteiger partial charge in [0.25, 0.3) is 0 Å². The molecule has 0 aromatic carbocycles. The molecule has 1 rings (SSSR count). The van der Waals surface area contributed by atoms with Crippen molar-refractivity contribution in [3.63, 3.8) is 0 Å². The third kappa shape index (κ3) is 3.73. The number of nitrogens with zero attached hydrogens (tertiary/aromatic N) is 2. The third-order valence-corrected chi connectivity index (χ3v) is 1.22. The molecule has 0 radical (unpaired) electrons. The fourth-order valence-electron chi connectivity index (χ4n) is 0.741. The molecular weight excluding hydrogens is 168 g/mol. The number of aryl methyl sites for hydroxylation is 1. The van der Waals surface area contributed by atoms with E-state index in [2.05, 4.69) is 5.10 Å². The van der Waals surface area contributed by atoms with Crippen LogP contribution in [0.1, 0.15) is 31.1 Å². The molecule has 1 aromatic heterocycles. The second kappa shape index (κ2) is 6.22. The minimum Gasteiger partial charge on any atom is -0.462 e. The Morgan fingerprint density at radius 1 is 1.62 bits per heavy atom. The predicted octanol–water partition coefficient (Wildman–Crippen LogP) is 1.62. The Morgan fingerprint density at radius 3 is 2.62 bits per heavy atom. The minimum atomic E-state index is -0.319. The van der Waals surface area contributed by atoms with Crippen molar-refractivity contribution >= 4 is 5.97 Å². The number of esters is 1. The number of hydrogen-bond donors (Lipinski definition) is 0. The van der Waals surface area contributed by atoms with Crippen molar-refractivity contribution < 1.29 is 9.53 Å². The molecule has 0 spiro atoms. The van der Waals surface area contributed by atoms with E-state index in [1.54, 1.807) is 24.9 Å². The molecule has 0 bridgehead atoms. The molecule has 1 heterocycles. The largest absolute Gasteiger partial charge is 0.462 e. The van der Waals surface area contributed by atoms with Crippen LogP contribution in [-0.4, -0.2) is 22.4 Å². The van der Waals surface area contributed by atoms with Crippen molar-refractivity contribution in [2.75, 3.05) is 6.61 Å². The molecule has 0 unspecified atom stereocenters. The van der Waals surface area contributed by atoms with Gasteiger partial charge >= 0.3 is 5.97 Å². The normalized spacial score (nSPS) is 8.62. The second-order valence-corrected chi connectivity index (χ2v) is 2.12. The number of carbonyl (C=O) groups is 1. The lowest BCUT2D eigenvalue weighted by Gasteiger charge is -1.95. The zero-order valence-electron chi connectivity index (χ0n) is 8.57. The number of carbonyl (C=O) groups excluding carboxylic acids is 1. The Balaban J connectivity index is 0.000000671. The molecule has 0 N–H and O–H groups in total. The molecule has 13 heavy (non-hydrogen) atoms. The maximum atomic E-state index is 11.0. The lowest BCUT2D eigenvalue weighted by molar-refractivity contribution is 0.0526. The van der Waals surface area contributed by atoms with Crippen LogP contribution in [0, 0.1) is 0 Å². The van der Waals surface area contributed by atoms with Gasteiger partial charge in [-0.05, 0) is 6.92 Å². The van der Waals surface area contributed by atoms with E-state index in [1.165, 1.54) is 6.20 Å². The van der Waals surface area contributed by atoms with Gasteiger partial charge in [-0.1, -0.05) is 13.8 Å². The Hall–Kier alpha value is -1.32. The van der Waals surface area contributed by atoms with Gasteiger partial charge in [-0.15, -0.1) is 0 Å². The predicted molar refractivity (Wildman–Crippen MR) is 50.5 cm³/mol. The molecule has 1 aromatic rings. The first-order valence-electron chi connectivity index (χ1n) is 4.39. The maximum Gasteiger partial charge on any atom is 0.341 e. The summed E-state index contributed by atoms with van der Waals surface area (Å²) in [5.74, 6) is -0.319. The van der Waals surface area contributed by atoms with Gasteiger partial charge < -0.3 is 4.74 Å². The van der Waals surface area contributed by atoms with Gasteiger partial charge in [0.1, 0.15) is 0 Å². The van der Waals surface area contributed by atoms with Gasteiger partial charge in [-0.25, -0.2) is 4.79 Å². The molecule has 4 heteroatoms. The van der Waals surface area contributed by atoms with Crippen LogP contribution in [0.2, 0.25) is 0 Å². The first kappa shape index (κ1) is 11.7. The molecule has 0 aliphatic carbocycles. The van der Waals surface area contributed by atoms with E-state index < -0.39 is 0 Å². The average Bonchev–Trinajstić information content (AvgIpc) is 2.56. The van der Waals surface area contributed by atoms with E-state index >= 15 is 0 Å². The quantitative estimate of drug-likeness (QED) is 0.656. The summed E-state index contributed by atoms with van der Waals surface area (Å²) in [6.45, 7) is 6.17. The highest BCUT2D eigenvalue weighted by molar-refractivity contribution is 5.88. The fourth-order valence-corrected chi connectivity index (χ4v) is 0.741. The summed E-state index contributed by atoms with van der Waals surface area (Å²) in [7, 11) is 1.75. The van der Waals surface area contributed by atoms with Gasteiger partial charge in [-0.3, -0.25) is 4.68 Å². The van der Waals surface area contributed by atoms with Crippen LogP contribution < -0.4 is 0 Å². The Kier molecular flexibility index (Phi) is 5.59. The molecule has 0 fully saturated rings. The van der Waals surface area contributed by atoms with Crippen LogP contribution in [0.3, 0.4) is 0 Å². The van der Waals surface area contributed by atoms with Crippen molar-refractivity contribution in [2.24, 2.45) is 7.05 Å². The van der Waals surface area contributed by atoms with E-state index in [-0.39, 0.29) is 5.97 Å². The zero-order chi connectivity index (χ0) is 10.3. The molecule has 0 atom stereocenters. The summed E-state index contributed by atoms with van der Waals surface area (Å²) in [6.07, 6.45) is 3.11. The molecule has 0 aliphatic rings. The van der Waals surface area contributed by atoms with Crippen molar-refractivity contribution in [3.05, 3.63) is 18.0 Å². The first-order chi connectivity index (χ1) is 6.24. The highest BCUT2D eigenvalue weighted by Crippen LogP contribution is 1.98. The van der Waals surface area contributed by atoms with Crippen LogP contribution in [0.4, 0.5) is 0 Å². The molecule has 4 nitrogen and oxygen atoms in total. The molecule has 0 saturated heterocycles. The average molecular weight is 184 g/mol. The van der Waals surface area contributed by atoms with Crippen LogP contribution in [0.5, 0.6) is 0 Å². The Labute approximate surface area is 78.5 Å². The molecule has 74 valence electrons. The van der Waals surface area contributed by atoms with Crippen LogP contribution in [0.15, 0.2) is 12.4 Å². The Bertz CT molecular complexity index is 256. The highest BCUT2D eigenvalue weighted by atomic mass is 16.5. The number of ether oxygens (including phenoxy) is 1. The molecular formula is C9H16N2O2. The standard InChI is InChI=1S/C7H10N2O2.C2H6/c1-3-11-7(10)6-4-8-9(2)5-6;1-2/h4-5H,3H2,1-2H3;1-2H3. The van der Waals surface area contributed by atoms with Gasteiger partial charge in [-0.2, -0.15) is 5.10 Å². The molecule has 0 amide bonds. The molecule has 0 aliphatic heterocycles. The van der Waals surface area contributed by atoms with E-state index in [1.807, 2.05) is 13.8 Å². The summed E-state index contributed by atoms with van der Waals surface area (Å²) in [6, 6.07) is 0. The van der Waals surface area contributed by atoms with Gasteiger partial charge in [0.15, 0.2) is 0 Å². The summed E-state index contributed by atoms with van der Waals surface area (Å²) < 4.78 is 6.31. The van der Waals surface area contributed by atoms with Crippen molar-refractivity contribution in [2.45, 2.75) is 20.8 Å². The third-order valence-electron chi connectivity index (χ3n) is 1.22. The summed E-state index contributed by atoms with van der Waals surface area (Å²) in [5, 5.41) is 3.84. The highest BCUT2D eigenvalue weighted by Gasteiger charge is 2.06. The second-order valence-electron chi connectivity index (χ2n) is 2.12.